The van der Waals surface area contributed by atoms with Crippen LogP contribution in [0, 0.1) is 6.92 Å². The van der Waals surface area contributed by atoms with Crippen LogP contribution in [0.2, 0.25) is 0 Å². The molecule has 0 bridgehead atoms. The molecule has 0 spiro atoms. The molecule has 1 atom stereocenters. The average Bonchev–Trinajstić information content (AvgIpc) is 2.37. The maximum Gasteiger partial charge on any atom is 0.125 e. The fourth-order valence-electron chi connectivity index (χ4n) is 1.94. The Morgan fingerprint density at radius 2 is 1.95 bits per heavy atom. The quantitative estimate of drug-likeness (QED) is 0.908. The first-order valence-corrected chi connectivity index (χ1v) is 7.09. The van der Waals surface area contributed by atoms with Crippen LogP contribution in [0.25, 0.3) is 0 Å². The van der Waals surface area contributed by atoms with Gasteiger partial charge in [0.15, 0.2) is 0 Å². The summed E-state index contributed by atoms with van der Waals surface area (Å²) in [6.07, 6.45) is 0. The van der Waals surface area contributed by atoms with E-state index in [1.54, 1.807) is 0 Å². The number of halogens is 1. The number of aryl methyl sites for hydroxylation is 1. The second-order valence-corrected chi connectivity index (χ2v) is 5.60. The lowest BCUT2D eigenvalue weighted by Gasteiger charge is -2.15. The van der Waals surface area contributed by atoms with Crippen molar-refractivity contribution in [3.63, 3.8) is 0 Å². The smallest absolute Gasteiger partial charge is 0.125 e. The molecule has 2 aromatic carbocycles. The third kappa shape index (κ3) is 3.58. The fourth-order valence-corrected chi connectivity index (χ4v) is 2.28. The van der Waals surface area contributed by atoms with Gasteiger partial charge in [-0.2, -0.15) is 0 Å². The van der Waals surface area contributed by atoms with Crippen LogP contribution in [0.3, 0.4) is 0 Å². The van der Waals surface area contributed by atoms with Crippen molar-refractivity contribution < 1.29 is 4.74 Å². The molecule has 2 rings (SSSR count). The third-order valence-corrected chi connectivity index (χ3v) is 3.60. The Bertz CT molecular complexity index is 566. The Balaban J connectivity index is 2.19. The Labute approximate surface area is 122 Å². The van der Waals surface area contributed by atoms with Gasteiger partial charge in [-0.05, 0) is 37.1 Å². The van der Waals surface area contributed by atoms with E-state index in [2.05, 4.69) is 35.0 Å². The standard InChI is InChI=1S/C16H18BrNO/c1-11-5-3-4-6-13(11)10-19-16-9-14(17)7-8-15(16)12(2)18/h3-9,12H,10,18H2,1-2H3/t12-/m0/s1. The lowest BCUT2D eigenvalue weighted by Crippen LogP contribution is -2.08. The van der Waals surface area contributed by atoms with Gasteiger partial charge in [0.05, 0.1) is 0 Å². The van der Waals surface area contributed by atoms with Gasteiger partial charge in [-0.25, -0.2) is 0 Å². The number of nitrogens with two attached hydrogens (primary N) is 1. The van der Waals surface area contributed by atoms with Crippen molar-refractivity contribution in [2.45, 2.75) is 26.5 Å². The second-order valence-electron chi connectivity index (χ2n) is 4.69. The van der Waals surface area contributed by atoms with Gasteiger partial charge in [0.2, 0.25) is 0 Å². The van der Waals surface area contributed by atoms with Crippen LogP contribution in [-0.4, -0.2) is 0 Å². The molecule has 2 nitrogen and oxygen atoms in total. The summed E-state index contributed by atoms with van der Waals surface area (Å²) < 4.78 is 6.93. The van der Waals surface area contributed by atoms with Crippen molar-refractivity contribution in [3.8, 4) is 5.75 Å². The molecule has 0 heterocycles. The second kappa shape index (κ2) is 6.22. The third-order valence-electron chi connectivity index (χ3n) is 3.11. The van der Waals surface area contributed by atoms with E-state index >= 15 is 0 Å². The number of hydrogen-bond acceptors (Lipinski definition) is 2. The van der Waals surface area contributed by atoms with Crippen LogP contribution < -0.4 is 10.5 Å². The first kappa shape index (κ1) is 14.1. The van der Waals surface area contributed by atoms with Crippen molar-refractivity contribution in [2.75, 3.05) is 0 Å². The molecule has 0 aliphatic rings. The summed E-state index contributed by atoms with van der Waals surface area (Å²) in [4.78, 5) is 0. The summed E-state index contributed by atoms with van der Waals surface area (Å²) in [6.45, 7) is 4.61. The molecule has 0 saturated carbocycles. The van der Waals surface area contributed by atoms with Gasteiger partial charge in [-0.1, -0.05) is 46.3 Å². The van der Waals surface area contributed by atoms with Crippen LogP contribution in [0.4, 0.5) is 0 Å². The van der Waals surface area contributed by atoms with E-state index in [1.165, 1.54) is 11.1 Å². The summed E-state index contributed by atoms with van der Waals surface area (Å²) >= 11 is 3.47. The van der Waals surface area contributed by atoms with Crippen molar-refractivity contribution in [1.29, 1.82) is 0 Å². The normalized spacial score (nSPS) is 12.2. The summed E-state index contributed by atoms with van der Waals surface area (Å²) in [5.41, 5.74) is 9.42. The molecule has 0 radical (unpaired) electrons. The van der Waals surface area contributed by atoms with E-state index in [4.69, 9.17) is 10.5 Å². The van der Waals surface area contributed by atoms with Crippen LogP contribution in [0.1, 0.15) is 29.7 Å². The molecule has 2 aromatic rings. The lowest BCUT2D eigenvalue weighted by atomic mass is 10.1. The minimum absolute atomic E-state index is 0.0417. The molecule has 0 amide bonds. The van der Waals surface area contributed by atoms with Crippen molar-refractivity contribution >= 4 is 15.9 Å². The molecule has 19 heavy (non-hydrogen) atoms. The van der Waals surface area contributed by atoms with Crippen molar-refractivity contribution in [1.82, 2.24) is 0 Å². The highest BCUT2D eigenvalue weighted by atomic mass is 79.9. The highest BCUT2D eigenvalue weighted by Crippen LogP contribution is 2.28. The minimum Gasteiger partial charge on any atom is -0.489 e. The van der Waals surface area contributed by atoms with E-state index in [-0.39, 0.29) is 6.04 Å². The Morgan fingerprint density at radius 3 is 2.63 bits per heavy atom. The number of hydrogen-bond donors (Lipinski definition) is 1. The molecule has 0 fully saturated rings. The number of ether oxygens (including phenoxy) is 1. The molecule has 0 saturated heterocycles. The molecule has 100 valence electrons. The van der Waals surface area contributed by atoms with Crippen LogP contribution in [0.5, 0.6) is 5.75 Å². The topological polar surface area (TPSA) is 35.2 Å². The molecule has 3 heteroatoms. The zero-order valence-electron chi connectivity index (χ0n) is 11.2. The zero-order valence-corrected chi connectivity index (χ0v) is 12.8. The highest BCUT2D eigenvalue weighted by Gasteiger charge is 2.09. The maximum absolute atomic E-state index is 5.97. The van der Waals surface area contributed by atoms with Gasteiger partial charge in [0.1, 0.15) is 12.4 Å². The first-order chi connectivity index (χ1) is 9.08. The Kier molecular flexibility index (Phi) is 4.61. The Morgan fingerprint density at radius 1 is 1.21 bits per heavy atom. The lowest BCUT2D eigenvalue weighted by molar-refractivity contribution is 0.300. The van der Waals surface area contributed by atoms with E-state index in [1.807, 2.05) is 37.3 Å². The van der Waals surface area contributed by atoms with E-state index < -0.39 is 0 Å². The molecule has 0 unspecified atom stereocenters. The average molecular weight is 320 g/mol. The molecule has 2 N–H and O–H groups in total. The summed E-state index contributed by atoms with van der Waals surface area (Å²) in [5, 5.41) is 0. The first-order valence-electron chi connectivity index (χ1n) is 6.30. The van der Waals surface area contributed by atoms with E-state index in [0.29, 0.717) is 6.61 Å². The van der Waals surface area contributed by atoms with Gasteiger partial charge in [-0.15, -0.1) is 0 Å². The number of rotatable bonds is 4. The summed E-state index contributed by atoms with van der Waals surface area (Å²) in [7, 11) is 0. The number of benzene rings is 2. The zero-order chi connectivity index (χ0) is 13.8. The molecular formula is C16H18BrNO. The van der Waals surface area contributed by atoms with Crippen molar-refractivity contribution in [2.24, 2.45) is 5.73 Å². The van der Waals surface area contributed by atoms with Crippen molar-refractivity contribution in [3.05, 3.63) is 63.6 Å². The Hall–Kier alpha value is -1.32. The van der Waals surface area contributed by atoms with Gasteiger partial charge in [0, 0.05) is 16.1 Å². The molecule has 0 aromatic heterocycles. The van der Waals surface area contributed by atoms with Gasteiger partial charge in [0.25, 0.3) is 0 Å². The summed E-state index contributed by atoms with van der Waals surface area (Å²) in [6, 6.07) is 14.1. The SMILES string of the molecule is Cc1ccccc1COc1cc(Br)ccc1[C@H](C)N. The van der Waals surface area contributed by atoms with Crippen LogP contribution in [-0.2, 0) is 6.61 Å². The highest BCUT2D eigenvalue weighted by molar-refractivity contribution is 9.10. The van der Waals surface area contributed by atoms with E-state index in [0.717, 1.165) is 15.8 Å². The van der Waals surface area contributed by atoms with Gasteiger partial charge in [-0.3, -0.25) is 0 Å². The maximum atomic E-state index is 5.97. The minimum atomic E-state index is -0.0417. The molecular weight excluding hydrogens is 302 g/mol. The largest absolute Gasteiger partial charge is 0.489 e. The van der Waals surface area contributed by atoms with Gasteiger partial charge >= 0.3 is 0 Å². The predicted molar refractivity (Wildman–Crippen MR) is 82.3 cm³/mol. The molecule has 0 aliphatic carbocycles. The summed E-state index contributed by atoms with van der Waals surface area (Å²) in [5.74, 6) is 0.840. The van der Waals surface area contributed by atoms with Crippen LogP contribution in [0.15, 0.2) is 46.9 Å². The van der Waals surface area contributed by atoms with E-state index in [9.17, 15) is 0 Å². The van der Waals surface area contributed by atoms with Gasteiger partial charge < -0.3 is 10.5 Å². The molecule has 0 aliphatic heterocycles. The monoisotopic (exact) mass is 319 g/mol. The van der Waals surface area contributed by atoms with Crippen LogP contribution >= 0.6 is 15.9 Å². The fraction of sp³-hybridized carbons (Fsp3) is 0.250. The predicted octanol–water partition coefficient (Wildman–Crippen LogP) is 4.36.